The molecule has 0 heterocycles. The summed E-state index contributed by atoms with van der Waals surface area (Å²) in [5, 5.41) is -1.38. The molecule has 0 aromatic heterocycles. The van der Waals surface area contributed by atoms with Crippen molar-refractivity contribution in [3.8, 4) is 0 Å². The van der Waals surface area contributed by atoms with Crippen LogP contribution in [0.15, 0.2) is 121 Å². The Morgan fingerprint density at radius 2 is 0.851 bits per heavy atom. The Hall–Kier alpha value is -2.12. The number of hydrogen-bond acceptors (Lipinski definition) is 8. The number of alkyl halides is 8. The predicted octanol–water partition coefficient (Wildman–Crippen LogP) is 0.421. The van der Waals surface area contributed by atoms with Crippen molar-refractivity contribution in [2.75, 3.05) is 0 Å². The van der Waals surface area contributed by atoms with Crippen LogP contribution in [-0.2, 0) is 24.2 Å². The number of benzene rings is 4. The Bertz CT molecular complexity index is 1430. The second-order valence-corrected chi connectivity index (χ2v) is 16.5. The molecule has 19 heteroatoms. The maximum Gasteiger partial charge on any atom is 0.438 e. The van der Waals surface area contributed by atoms with E-state index in [1.807, 2.05) is 0 Å². The number of hydrogen-bond donors (Lipinski definition) is 0. The average molecular weight is 938 g/mol. The zero-order valence-corrected chi connectivity index (χ0v) is 28.9. The van der Waals surface area contributed by atoms with Gasteiger partial charge >= 0.3 is 65.1 Å². The molecule has 7 nitrogen and oxygen atoms in total. The van der Waals surface area contributed by atoms with Gasteiger partial charge in [-0.25, -0.2) is 13.2 Å². The molecule has 0 fully saturated rings. The van der Waals surface area contributed by atoms with Gasteiger partial charge in [0.2, 0.25) is 0 Å². The lowest BCUT2D eigenvalue weighted by Gasteiger charge is -2.32. The summed E-state index contributed by atoms with van der Waals surface area (Å²) >= 11 is -1.85. The average Bonchev–Trinajstić information content (AvgIpc) is 3.01. The van der Waals surface area contributed by atoms with Gasteiger partial charge in [-0.15, -0.1) is 0 Å². The van der Waals surface area contributed by atoms with E-state index in [4.69, 9.17) is 5.26 Å². The van der Waals surface area contributed by atoms with E-state index >= 15 is 0 Å². The summed E-state index contributed by atoms with van der Waals surface area (Å²) in [7, 11) is -7.24. The van der Waals surface area contributed by atoms with E-state index in [1.54, 1.807) is 4.74 Å². The third kappa shape index (κ3) is 13.4. The van der Waals surface area contributed by atoms with E-state index in [2.05, 4.69) is 131 Å². The molecule has 256 valence electrons. The molecule has 0 N–H and O–H groups in total. The first-order chi connectivity index (χ1) is 21.9. The summed E-state index contributed by atoms with van der Waals surface area (Å²) in [6, 6.07) is 42.8. The zero-order valence-electron chi connectivity index (χ0n) is 23.0. The SMILES string of the molecule is O=S(=O)([O-])C(F)(F)C(F)(F)OC(F)(F)C(F)(F)SOO[O-].c1ccc([I+]c2ccccc2)cc1.c1ccc([I+]c2ccccc2)cc1. The van der Waals surface area contributed by atoms with Gasteiger partial charge in [-0.3, -0.25) is 5.04 Å². The van der Waals surface area contributed by atoms with Gasteiger partial charge in [0.05, 0.1) is 0 Å². The third-order valence-corrected chi connectivity index (χ3v) is 11.6. The van der Waals surface area contributed by atoms with E-state index in [0.717, 1.165) is 0 Å². The van der Waals surface area contributed by atoms with Gasteiger partial charge in [-0.2, -0.15) is 39.5 Å². The quantitative estimate of drug-likeness (QED) is 0.0504. The summed E-state index contributed by atoms with van der Waals surface area (Å²) < 4.78 is 140. The lowest BCUT2D eigenvalue weighted by atomic mass is 10.4. The molecule has 0 saturated heterocycles. The van der Waals surface area contributed by atoms with E-state index in [1.165, 1.54) is 14.3 Å². The standard InChI is InChI=1S/2C12H10I.C4H2F8O7S2/c2*1-3-7-11(8-4-1)13-12-9-5-2-6-10-12;5-1(6,3(9,10)20-19-18-13)17-2(7,8)4(11,12)21(14,15)16/h2*1-10H;13H,(H,14,15,16)/q2*+1;/p-2. The first-order valence-electron chi connectivity index (χ1n) is 12.2. The molecule has 0 aliphatic heterocycles. The zero-order chi connectivity index (χ0) is 35.2. The fraction of sp³-hybridized carbons (Fsp3) is 0.143. The van der Waals surface area contributed by atoms with Gasteiger partial charge < -0.3 is 9.81 Å². The molecule has 0 amide bonds. The van der Waals surface area contributed by atoms with Crippen molar-refractivity contribution in [1.82, 2.24) is 0 Å². The van der Waals surface area contributed by atoms with Crippen LogP contribution in [0.4, 0.5) is 35.1 Å². The van der Waals surface area contributed by atoms with Crippen molar-refractivity contribution in [3.63, 3.8) is 0 Å². The number of ether oxygens (including phenoxy) is 1. The van der Waals surface area contributed by atoms with Gasteiger partial charge in [-0.1, -0.05) is 72.8 Å². The first-order valence-corrected chi connectivity index (χ1v) is 18.7. The van der Waals surface area contributed by atoms with Gasteiger partial charge in [-0.05, 0) is 48.5 Å². The lowest BCUT2D eigenvalue weighted by molar-refractivity contribution is -0.777. The van der Waals surface area contributed by atoms with Crippen molar-refractivity contribution in [2.24, 2.45) is 0 Å². The van der Waals surface area contributed by atoms with E-state index in [-0.39, 0.29) is 42.4 Å². The molecule has 0 unspecified atom stereocenters. The van der Waals surface area contributed by atoms with Gasteiger partial charge in [0.25, 0.3) is 0 Å². The van der Waals surface area contributed by atoms with Crippen molar-refractivity contribution in [3.05, 3.63) is 136 Å². The lowest BCUT2D eigenvalue weighted by Crippen LogP contribution is -3.61. The monoisotopic (exact) mass is 938 g/mol. The summed E-state index contributed by atoms with van der Waals surface area (Å²) in [4.78, 5) is 0. The smallest absolute Gasteiger partial charge is 0.438 e. The van der Waals surface area contributed by atoms with E-state index in [0.29, 0.717) is 0 Å². The van der Waals surface area contributed by atoms with Crippen LogP contribution in [0.1, 0.15) is 0 Å². The van der Waals surface area contributed by atoms with Crippen molar-refractivity contribution in [1.29, 1.82) is 0 Å². The van der Waals surface area contributed by atoms with Crippen LogP contribution < -0.4 is 47.7 Å². The summed E-state index contributed by atoms with van der Waals surface area (Å²) in [5.74, 6) is 0. The summed E-state index contributed by atoms with van der Waals surface area (Å²) in [5.41, 5.74) is 0. The second-order valence-electron chi connectivity index (χ2n) is 8.21. The maximum atomic E-state index is 12.6. The Morgan fingerprint density at radius 3 is 1.11 bits per heavy atom. The topological polar surface area (TPSA) is 108 Å². The highest BCUT2D eigenvalue weighted by Crippen LogP contribution is 2.50. The van der Waals surface area contributed by atoms with Crippen molar-refractivity contribution in [2.45, 2.75) is 22.7 Å². The van der Waals surface area contributed by atoms with E-state index < -0.39 is 44.9 Å². The van der Waals surface area contributed by atoms with Crippen LogP contribution >= 0.6 is 12.0 Å². The minimum Gasteiger partial charge on any atom is -0.743 e. The third-order valence-electron chi connectivity index (χ3n) is 4.78. The molecular formula is C28H20F8I2O7S2. The molecule has 0 bridgehead atoms. The van der Waals surface area contributed by atoms with Gasteiger partial charge in [0.1, 0.15) is 12.0 Å². The van der Waals surface area contributed by atoms with Crippen LogP contribution in [0, 0.1) is 14.3 Å². The summed E-state index contributed by atoms with van der Waals surface area (Å²) in [6.45, 7) is 0. The second kappa shape index (κ2) is 18.6. The molecule has 4 aromatic rings. The number of rotatable bonds is 12. The molecule has 47 heavy (non-hydrogen) atoms. The van der Waals surface area contributed by atoms with Crippen LogP contribution in [0.25, 0.3) is 0 Å². The predicted molar refractivity (Wildman–Crippen MR) is 141 cm³/mol. The molecule has 4 aromatic carbocycles. The van der Waals surface area contributed by atoms with Crippen molar-refractivity contribution < 1.29 is 110 Å². The molecule has 0 atom stereocenters. The van der Waals surface area contributed by atoms with Crippen LogP contribution in [0.3, 0.4) is 0 Å². The van der Waals surface area contributed by atoms with Crippen LogP contribution in [-0.4, -0.2) is 35.7 Å². The fourth-order valence-corrected chi connectivity index (χ4v) is 7.82. The molecule has 0 saturated carbocycles. The first kappa shape index (κ1) is 41.1. The van der Waals surface area contributed by atoms with Crippen LogP contribution in [0.5, 0.6) is 0 Å². The normalized spacial score (nSPS) is 12.3. The largest absolute Gasteiger partial charge is 0.743 e. The highest BCUT2D eigenvalue weighted by Gasteiger charge is 2.72. The number of halogens is 10. The van der Waals surface area contributed by atoms with E-state index in [9.17, 15) is 48.1 Å². The van der Waals surface area contributed by atoms with Gasteiger partial charge in [0, 0.05) is 0 Å². The maximum absolute atomic E-state index is 12.6. The minimum absolute atomic E-state index is 0.0287. The van der Waals surface area contributed by atoms with Crippen LogP contribution in [0.2, 0.25) is 0 Å². The molecular weight excluding hydrogens is 918 g/mol. The minimum atomic E-state index is -7.24. The molecule has 0 radical (unpaired) electrons. The van der Waals surface area contributed by atoms with Gasteiger partial charge in [0.15, 0.2) is 24.4 Å². The Morgan fingerprint density at radius 1 is 0.553 bits per heavy atom. The Kier molecular flexibility index (Phi) is 16.2. The summed E-state index contributed by atoms with van der Waals surface area (Å²) in [6.07, 6.45) is -13.3. The Labute approximate surface area is 288 Å². The highest BCUT2D eigenvalue weighted by atomic mass is 127. The Balaban J connectivity index is 0.000000255. The molecule has 0 aliphatic rings. The fourth-order valence-electron chi connectivity index (χ4n) is 2.69. The van der Waals surface area contributed by atoms with Crippen molar-refractivity contribution >= 4 is 22.2 Å². The molecule has 4 rings (SSSR count). The molecule has 0 aliphatic carbocycles. The molecule has 0 spiro atoms. The highest BCUT2D eigenvalue weighted by molar-refractivity contribution is 7.95.